The lowest BCUT2D eigenvalue weighted by atomic mass is 10.0. The minimum Gasteiger partial charge on any atom is -0.348 e. The molecule has 2 heterocycles. The molecule has 28 heavy (non-hydrogen) atoms. The van der Waals surface area contributed by atoms with Crippen molar-refractivity contribution in [3.8, 4) is 0 Å². The summed E-state index contributed by atoms with van der Waals surface area (Å²) in [6.45, 7) is 3.79. The Labute approximate surface area is 162 Å². The van der Waals surface area contributed by atoms with Gasteiger partial charge < -0.3 is 9.88 Å². The van der Waals surface area contributed by atoms with Crippen molar-refractivity contribution in [1.82, 2.24) is 24.0 Å². The van der Waals surface area contributed by atoms with Gasteiger partial charge in [-0.2, -0.15) is 0 Å². The summed E-state index contributed by atoms with van der Waals surface area (Å²) in [5, 5.41) is 3.08. The normalized spacial score (nSPS) is 13.4. The minimum atomic E-state index is -0.654. The van der Waals surface area contributed by atoms with Crippen LogP contribution in [-0.2, 0) is 18.9 Å². The molecule has 0 aliphatic carbocycles. The molecule has 0 aliphatic heterocycles. The molecule has 8 heteroatoms. The Bertz CT molecular complexity index is 1110. The summed E-state index contributed by atoms with van der Waals surface area (Å²) in [5.41, 5.74) is 0.619. The van der Waals surface area contributed by atoms with Crippen LogP contribution in [0.15, 0.2) is 46.2 Å². The van der Waals surface area contributed by atoms with Gasteiger partial charge in [-0.15, -0.1) is 0 Å². The lowest BCUT2D eigenvalue weighted by molar-refractivity contribution is -0.124. The van der Waals surface area contributed by atoms with Crippen molar-refractivity contribution in [3.63, 3.8) is 0 Å². The molecule has 0 radical (unpaired) electrons. The van der Waals surface area contributed by atoms with Gasteiger partial charge in [-0.1, -0.05) is 43.7 Å². The number of fused-ring (bicyclic) bond motifs is 1. The maximum absolute atomic E-state index is 13.0. The zero-order valence-electron chi connectivity index (χ0n) is 16.5. The molecule has 2 atom stereocenters. The largest absolute Gasteiger partial charge is 0.348 e. The SMILES string of the molecule is CCCC(NC(=O)C(C)n1cnc2c1c(=O)n(C)c(=O)n2C)c1ccccc1. The second kappa shape index (κ2) is 7.84. The number of amides is 1. The molecule has 0 aliphatic rings. The molecule has 0 bridgehead atoms. The average molecular weight is 383 g/mol. The van der Waals surface area contributed by atoms with Crippen LogP contribution >= 0.6 is 0 Å². The first-order valence-corrected chi connectivity index (χ1v) is 9.34. The molecule has 0 spiro atoms. The Balaban J connectivity index is 1.96. The van der Waals surface area contributed by atoms with Crippen molar-refractivity contribution < 1.29 is 4.79 Å². The van der Waals surface area contributed by atoms with Crippen molar-refractivity contribution in [3.05, 3.63) is 63.1 Å². The highest BCUT2D eigenvalue weighted by Gasteiger charge is 2.24. The van der Waals surface area contributed by atoms with Crippen molar-refractivity contribution in [1.29, 1.82) is 0 Å². The molecule has 148 valence electrons. The van der Waals surface area contributed by atoms with E-state index in [4.69, 9.17) is 0 Å². The highest BCUT2D eigenvalue weighted by atomic mass is 16.2. The Morgan fingerprint density at radius 1 is 1.14 bits per heavy atom. The quantitative estimate of drug-likeness (QED) is 0.701. The summed E-state index contributed by atoms with van der Waals surface area (Å²) in [5.74, 6) is -0.211. The van der Waals surface area contributed by atoms with Crippen LogP contribution in [0, 0.1) is 0 Å². The van der Waals surface area contributed by atoms with Gasteiger partial charge in [0.1, 0.15) is 6.04 Å². The number of hydrogen-bond acceptors (Lipinski definition) is 4. The summed E-state index contributed by atoms with van der Waals surface area (Å²) in [6, 6.07) is 9.05. The van der Waals surface area contributed by atoms with Gasteiger partial charge in [0.05, 0.1) is 12.4 Å². The van der Waals surface area contributed by atoms with Gasteiger partial charge in [-0.25, -0.2) is 9.78 Å². The maximum Gasteiger partial charge on any atom is 0.332 e. The van der Waals surface area contributed by atoms with Crippen LogP contribution in [-0.4, -0.2) is 24.6 Å². The van der Waals surface area contributed by atoms with Gasteiger partial charge in [0, 0.05) is 14.1 Å². The topological polar surface area (TPSA) is 90.9 Å². The minimum absolute atomic E-state index is 0.108. The molecule has 3 aromatic rings. The van der Waals surface area contributed by atoms with Crippen LogP contribution in [0.1, 0.15) is 44.3 Å². The van der Waals surface area contributed by atoms with Crippen molar-refractivity contribution in [2.45, 2.75) is 38.8 Å². The van der Waals surface area contributed by atoms with Crippen LogP contribution in [0.2, 0.25) is 0 Å². The van der Waals surface area contributed by atoms with E-state index < -0.39 is 17.3 Å². The Morgan fingerprint density at radius 3 is 2.46 bits per heavy atom. The lowest BCUT2D eigenvalue weighted by Crippen LogP contribution is -2.39. The van der Waals surface area contributed by atoms with Crippen molar-refractivity contribution in [2.24, 2.45) is 14.1 Å². The molecule has 0 saturated carbocycles. The monoisotopic (exact) mass is 383 g/mol. The van der Waals surface area contributed by atoms with E-state index in [1.165, 1.54) is 22.5 Å². The van der Waals surface area contributed by atoms with E-state index in [1.807, 2.05) is 30.3 Å². The third-order valence-corrected chi connectivity index (χ3v) is 5.07. The summed E-state index contributed by atoms with van der Waals surface area (Å²) in [4.78, 5) is 41.8. The van der Waals surface area contributed by atoms with Gasteiger partial charge in [0.2, 0.25) is 5.91 Å². The summed E-state index contributed by atoms with van der Waals surface area (Å²) in [7, 11) is 2.97. The third kappa shape index (κ3) is 3.37. The number of imidazole rings is 1. The number of benzene rings is 1. The second-order valence-corrected chi connectivity index (χ2v) is 6.97. The molecular weight excluding hydrogens is 358 g/mol. The first-order valence-electron chi connectivity index (χ1n) is 9.34. The van der Waals surface area contributed by atoms with Gasteiger partial charge >= 0.3 is 5.69 Å². The van der Waals surface area contributed by atoms with E-state index in [1.54, 1.807) is 14.0 Å². The van der Waals surface area contributed by atoms with Gasteiger partial charge in [0.15, 0.2) is 11.2 Å². The Kier molecular flexibility index (Phi) is 5.48. The number of nitrogens with zero attached hydrogens (tertiary/aromatic N) is 4. The van der Waals surface area contributed by atoms with Crippen LogP contribution in [0.25, 0.3) is 11.2 Å². The third-order valence-electron chi connectivity index (χ3n) is 5.07. The van der Waals surface area contributed by atoms with Crippen molar-refractivity contribution in [2.75, 3.05) is 0 Å². The smallest absolute Gasteiger partial charge is 0.332 e. The van der Waals surface area contributed by atoms with E-state index in [0.717, 1.165) is 23.0 Å². The van der Waals surface area contributed by atoms with Gasteiger partial charge in [0.25, 0.3) is 5.56 Å². The average Bonchev–Trinajstić information content (AvgIpc) is 3.15. The lowest BCUT2D eigenvalue weighted by Gasteiger charge is -2.22. The van der Waals surface area contributed by atoms with Crippen LogP contribution in [0.4, 0.5) is 0 Å². The molecule has 8 nitrogen and oxygen atoms in total. The fourth-order valence-electron chi connectivity index (χ4n) is 3.37. The molecule has 3 rings (SSSR count). The first kappa shape index (κ1) is 19.6. The van der Waals surface area contributed by atoms with E-state index in [0.29, 0.717) is 0 Å². The maximum atomic E-state index is 13.0. The van der Waals surface area contributed by atoms with E-state index >= 15 is 0 Å². The number of aryl methyl sites for hydroxylation is 1. The number of carbonyl (C=O) groups is 1. The molecule has 0 fully saturated rings. The number of aromatic nitrogens is 4. The van der Waals surface area contributed by atoms with Crippen LogP contribution < -0.4 is 16.6 Å². The van der Waals surface area contributed by atoms with Crippen LogP contribution in [0.3, 0.4) is 0 Å². The Hall–Kier alpha value is -3.16. The number of hydrogen-bond donors (Lipinski definition) is 1. The van der Waals surface area contributed by atoms with E-state index in [-0.39, 0.29) is 23.1 Å². The highest BCUT2D eigenvalue weighted by molar-refractivity contribution is 5.82. The fourth-order valence-corrected chi connectivity index (χ4v) is 3.37. The number of carbonyl (C=O) groups excluding carboxylic acids is 1. The molecule has 1 N–H and O–H groups in total. The molecule has 2 aromatic heterocycles. The highest BCUT2D eigenvalue weighted by Crippen LogP contribution is 2.20. The summed E-state index contributed by atoms with van der Waals surface area (Å²) < 4.78 is 3.86. The van der Waals surface area contributed by atoms with Gasteiger partial charge in [-0.3, -0.25) is 18.7 Å². The zero-order chi connectivity index (χ0) is 20.4. The standard InChI is InChI=1S/C20H25N5O3/c1-5-9-15(14-10-7-6-8-11-14)22-18(26)13(2)25-12-21-17-16(25)19(27)24(4)20(28)23(17)3/h6-8,10-13,15H,5,9H2,1-4H3,(H,22,26). The predicted octanol–water partition coefficient (Wildman–Crippen LogP) is 1.65. The van der Waals surface area contributed by atoms with E-state index in [2.05, 4.69) is 17.2 Å². The molecule has 2 unspecified atom stereocenters. The molecular formula is C20H25N5O3. The summed E-state index contributed by atoms with van der Waals surface area (Å²) >= 11 is 0. The number of rotatable bonds is 6. The van der Waals surface area contributed by atoms with Crippen LogP contribution in [0.5, 0.6) is 0 Å². The Morgan fingerprint density at radius 2 is 1.82 bits per heavy atom. The van der Waals surface area contributed by atoms with Crippen molar-refractivity contribution >= 4 is 17.1 Å². The fraction of sp³-hybridized carbons (Fsp3) is 0.400. The molecule has 1 amide bonds. The number of nitrogens with one attached hydrogen (secondary N) is 1. The van der Waals surface area contributed by atoms with E-state index in [9.17, 15) is 14.4 Å². The summed E-state index contributed by atoms with van der Waals surface area (Å²) in [6.07, 6.45) is 3.17. The second-order valence-electron chi connectivity index (χ2n) is 6.97. The predicted molar refractivity (Wildman–Crippen MR) is 107 cm³/mol. The van der Waals surface area contributed by atoms with Gasteiger partial charge in [-0.05, 0) is 18.9 Å². The molecule has 1 aromatic carbocycles. The zero-order valence-corrected chi connectivity index (χ0v) is 16.5. The molecule has 0 saturated heterocycles. The first-order chi connectivity index (χ1) is 13.4.